The van der Waals surface area contributed by atoms with E-state index in [0.29, 0.717) is 5.41 Å². The number of hydrogen-bond acceptors (Lipinski definition) is 1. The van der Waals surface area contributed by atoms with Gasteiger partial charge in [0.15, 0.2) is 0 Å². The summed E-state index contributed by atoms with van der Waals surface area (Å²) in [7, 11) is 0. The second-order valence-electron chi connectivity index (χ2n) is 6.10. The lowest BCUT2D eigenvalue weighted by molar-refractivity contribution is 0.410. The van der Waals surface area contributed by atoms with Crippen LogP contribution >= 0.6 is 0 Å². The van der Waals surface area contributed by atoms with E-state index in [1.807, 2.05) is 12.3 Å². The van der Waals surface area contributed by atoms with Crippen molar-refractivity contribution in [1.82, 2.24) is 4.98 Å². The smallest absolute Gasteiger partial charge is 0.0704 e. The number of hydrogen-bond donors (Lipinski definition) is 0. The average molecular weight is 239 g/mol. The van der Waals surface area contributed by atoms with E-state index in [4.69, 9.17) is 0 Å². The van der Waals surface area contributed by atoms with E-state index in [1.54, 1.807) is 0 Å². The van der Waals surface area contributed by atoms with E-state index >= 15 is 0 Å². The molecule has 1 aromatic carbocycles. The summed E-state index contributed by atoms with van der Waals surface area (Å²) in [6.07, 6.45) is 3.10. The first kappa shape index (κ1) is 12.8. The first-order chi connectivity index (χ1) is 8.46. The number of rotatable bonds is 2. The Labute approximate surface area is 110 Å². The molecule has 1 heteroatoms. The molecule has 1 heterocycles. The van der Waals surface area contributed by atoms with Gasteiger partial charge in [-0.3, -0.25) is 4.98 Å². The second-order valence-corrected chi connectivity index (χ2v) is 6.10. The zero-order chi connectivity index (χ0) is 13.2. The zero-order valence-corrected chi connectivity index (χ0v) is 11.7. The van der Waals surface area contributed by atoms with Gasteiger partial charge < -0.3 is 0 Å². The minimum Gasteiger partial charge on any atom is -0.256 e. The number of pyridine rings is 1. The van der Waals surface area contributed by atoms with Gasteiger partial charge in [-0.25, -0.2) is 0 Å². The third-order valence-electron chi connectivity index (χ3n) is 3.01. The van der Waals surface area contributed by atoms with Gasteiger partial charge in [-0.1, -0.05) is 51.1 Å². The van der Waals surface area contributed by atoms with E-state index < -0.39 is 0 Å². The van der Waals surface area contributed by atoms with Crippen molar-refractivity contribution in [3.05, 3.63) is 53.7 Å². The fraction of sp³-hybridized carbons (Fsp3) is 0.353. The van der Waals surface area contributed by atoms with Crippen molar-refractivity contribution in [2.75, 3.05) is 0 Å². The number of aryl methyl sites for hydroxylation is 1. The first-order valence-corrected chi connectivity index (χ1v) is 6.47. The molecule has 1 aromatic heterocycles. The highest BCUT2D eigenvalue weighted by Gasteiger charge is 2.13. The zero-order valence-electron chi connectivity index (χ0n) is 11.7. The summed E-state index contributed by atoms with van der Waals surface area (Å²) in [5.74, 6) is 0. The Hall–Kier alpha value is -1.63. The molecule has 0 fully saturated rings. The monoisotopic (exact) mass is 239 g/mol. The van der Waals surface area contributed by atoms with Gasteiger partial charge in [0.25, 0.3) is 0 Å². The van der Waals surface area contributed by atoms with Crippen LogP contribution in [-0.4, -0.2) is 4.98 Å². The summed E-state index contributed by atoms with van der Waals surface area (Å²) in [5.41, 5.74) is 5.23. The van der Waals surface area contributed by atoms with Gasteiger partial charge in [-0.2, -0.15) is 0 Å². The molecular weight excluding hydrogens is 218 g/mol. The maximum absolute atomic E-state index is 4.59. The Bertz CT molecular complexity index is 521. The van der Waals surface area contributed by atoms with Crippen LogP contribution in [0.25, 0.3) is 11.3 Å². The first-order valence-electron chi connectivity index (χ1n) is 6.47. The number of aromatic nitrogens is 1. The third-order valence-corrected chi connectivity index (χ3v) is 3.01. The summed E-state index contributed by atoms with van der Waals surface area (Å²) in [6, 6.07) is 12.5. The maximum Gasteiger partial charge on any atom is 0.0704 e. The predicted molar refractivity (Wildman–Crippen MR) is 77.6 cm³/mol. The molecule has 0 atom stereocenters. The highest BCUT2D eigenvalue weighted by molar-refractivity contribution is 5.59. The molecule has 0 aliphatic heterocycles. The molecule has 0 aliphatic rings. The van der Waals surface area contributed by atoms with Crippen molar-refractivity contribution in [1.29, 1.82) is 0 Å². The van der Waals surface area contributed by atoms with E-state index in [9.17, 15) is 0 Å². The normalized spacial score (nSPS) is 11.6. The number of nitrogens with zero attached hydrogens (tertiary/aromatic N) is 1. The molecular formula is C17H21N. The topological polar surface area (TPSA) is 12.9 Å². The van der Waals surface area contributed by atoms with Crippen molar-refractivity contribution >= 4 is 0 Å². The summed E-state index contributed by atoms with van der Waals surface area (Å²) in [5, 5.41) is 0. The van der Waals surface area contributed by atoms with Crippen LogP contribution in [0.15, 0.2) is 42.6 Å². The predicted octanol–water partition coefficient (Wildman–Crippen LogP) is 4.65. The Morgan fingerprint density at radius 1 is 1.06 bits per heavy atom. The second kappa shape index (κ2) is 4.93. The SMILES string of the molecule is Cc1cc(-c2ccccc2)ncc1CC(C)(C)C. The molecule has 0 N–H and O–H groups in total. The van der Waals surface area contributed by atoms with Crippen LogP contribution in [0.4, 0.5) is 0 Å². The molecule has 2 rings (SSSR count). The molecule has 1 nitrogen and oxygen atoms in total. The van der Waals surface area contributed by atoms with Crippen molar-refractivity contribution in [3.8, 4) is 11.3 Å². The van der Waals surface area contributed by atoms with Gasteiger partial charge in [0.2, 0.25) is 0 Å². The van der Waals surface area contributed by atoms with E-state index in [1.165, 1.54) is 16.7 Å². The third kappa shape index (κ3) is 3.19. The quantitative estimate of drug-likeness (QED) is 0.743. The molecule has 0 amide bonds. The highest BCUT2D eigenvalue weighted by atomic mass is 14.7. The van der Waals surface area contributed by atoms with Gasteiger partial charge >= 0.3 is 0 Å². The molecule has 94 valence electrons. The highest BCUT2D eigenvalue weighted by Crippen LogP contribution is 2.25. The summed E-state index contributed by atoms with van der Waals surface area (Å²) in [4.78, 5) is 4.59. The minimum atomic E-state index is 0.306. The van der Waals surface area contributed by atoms with Gasteiger partial charge in [-0.05, 0) is 36.0 Å². The number of benzene rings is 1. The average Bonchev–Trinajstić information content (AvgIpc) is 2.31. The van der Waals surface area contributed by atoms with Crippen molar-refractivity contribution in [2.45, 2.75) is 34.1 Å². The Balaban J connectivity index is 2.31. The molecule has 0 spiro atoms. The summed E-state index contributed by atoms with van der Waals surface area (Å²) >= 11 is 0. The van der Waals surface area contributed by atoms with Crippen molar-refractivity contribution in [2.24, 2.45) is 5.41 Å². The van der Waals surface area contributed by atoms with Crippen LogP contribution in [0.5, 0.6) is 0 Å². The molecule has 2 aromatic rings. The summed E-state index contributed by atoms with van der Waals surface area (Å²) < 4.78 is 0. The fourth-order valence-electron chi connectivity index (χ4n) is 2.11. The van der Waals surface area contributed by atoms with Crippen LogP contribution in [-0.2, 0) is 6.42 Å². The van der Waals surface area contributed by atoms with Crippen LogP contribution < -0.4 is 0 Å². The molecule has 18 heavy (non-hydrogen) atoms. The molecule has 0 aliphatic carbocycles. The van der Waals surface area contributed by atoms with E-state index in [0.717, 1.165) is 12.1 Å². The molecule has 0 saturated carbocycles. The minimum absolute atomic E-state index is 0.306. The van der Waals surface area contributed by atoms with Crippen LogP contribution in [0.2, 0.25) is 0 Å². The fourth-order valence-corrected chi connectivity index (χ4v) is 2.11. The largest absolute Gasteiger partial charge is 0.256 e. The lowest BCUT2D eigenvalue weighted by Crippen LogP contribution is -2.10. The summed E-state index contributed by atoms with van der Waals surface area (Å²) in [6.45, 7) is 8.96. The molecule has 0 unspecified atom stereocenters. The van der Waals surface area contributed by atoms with Crippen LogP contribution in [0.1, 0.15) is 31.9 Å². The molecule has 0 saturated heterocycles. The van der Waals surface area contributed by atoms with Gasteiger partial charge in [0, 0.05) is 11.8 Å². The molecule has 0 bridgehead atoms. The van der Waals surface area contributed by atoms with E-state index in [2.05, 4.69) is 63.0 Å². The maximum atomic E-state index is 4.59. The van der Waals surface area contributed by atoms with Crippen LogP contribution in [0.3, 0.4) is 0 Å². The Kier molecular flexibility index (Phi) is 3.51. The van der Waals surface area contributed by atoms with Crippen molar-refractivity contribution in [3.63, 3.8) is 0 Å². The van der Waals surface area contributed by atoms with E-state index in [-0.39, 0.29) is 0 Å². The standard InChI is InChI=1S/C17H21N/c1-13-10-16(14-8-6-5-7-9-14)18-12-15(13)11-17(2,3)4/h5-10,12H,11H2,1-4H3. The Morgan fingerprint density at radius 2 is 1.72 bits per heavy atom. The van der Waals surface area contributed by atoms with Gasteiger partial charge in [0.1, 0.15) is 0 Å². The van der Waals surface area contributed by atoms with Gasteiger partial charge in [0.05, 0.1) is 5.69 Å². The van der Waals surface area contributed by atoms with Crippen molar-refractivity contribution < 1.29 is 0 Å². The van der Waals surface area contributed by atoms with Gasteiger partial charge in [-0.15, -0.1) is 0 Å². The lowest BCUT2D eigenvalue weighted by atomic mass is 9.87. The molecule has 0 radical (unpaired) electrons. The Morgan fingerprint density at radius 3 is 2.28 bits per heavy atom. The lowest BCUT2D eigenvalue weighted by Gasteiger charge is -2.19. The van der Waals surface area contributed by atoms with Crippen LogP contribution in [0, 0.1) is 12.3 Å².